The minimum atomic E-state index is 0.324. The summed E-state index contributed by atoms with van der Waals surface area (Å²) in [5.41, 5.74) is 0.654. The number of nitriles is 1. The Morgan fingerprint density at radius 3 is 3.25 bits per heavy atom. The highest BCUT2D eigenvalue weighted by Crippen LogP contribution is 2.37. The predicted octanol–water partition coefficient (Wildman–Crippen LogP) is 2.65. The molecule has 1 aliphatic heterocycles. The molecule has 0 aliphatic carbocycles. The number of aromatic nitrogens is 1. The number of nitrogens with one attached hydrogen (secondary N) is 1. The number of rotatable bonds is 3. The van der Waals surface area contributed by atoms with Gasteiger partial charge in [0.05, 0.1) is 11.6 Å². The van der Waals surface area contributed by atoms with E-state index in [0.717, 1.165) is 12.4 Å². The normalized spacial score (nSPS) is 24.0. The molecule has 0 bridgehead atoms. The van der Waals surface area contributed by atoms with Crippen LogP contribution in [0.25, 0.3) is 0 Å². The van der Waals surface area contributed by atoms with E-state index in [-0.39, 0.29) is 0 Å². The SMILES string of the molecule is CC1(CNc2cc(C#N)ccn2)CCCS1. The molecule has 4 heteroatoms. The highest BCUT2D eigenvalue weighted by Gasteiger charge is 2.29. The molecule has 1 unspecified atom stereocenters. The number of hydrogen-bond donors (Lipinski definition) is 1. The molecule has 84 valence electrons. The van der Waals surface area contributed by atoms with Gasteiger partial charge in [-0.05, 0) is 37.7 Å². The van der Waals surface area contributed by atoms with Crippen molar-refractivity contribution in [3.8, 4) is 6.07 Å². The van der Waals surface area contributed by atoms with Crippen LogP contribution in [0.3, 0.4) is 0 Å². The van der Waals surface area contributed by atoms with Gasteiger partial charge in [0, 0.05) is 17.5 Å². The minimum absolute atomic E-state index is 0.324. The molecule has 0 radical (unpaired) electrons. The molecular formula is C12H15N3S. The van der Waals surface area contributed by atoms with Crippen LogP contribution in [0.15, 0.2) is 18.3 Å². The summed E-state index contributed by atoms with van der Waals surface area (Å²) in [5.74, 6) is 2.05. The molecule has 0 aromatic carbocycles. The van der Waals surface area contributed by atoms with Crippen molar-refractivity contribution in [2.45, 2.75) is 24.5 Å². The minimum Gasteiger partial charge on any atom is -0.369 e. The molecule has 16 heavy (non-hydrogen) atoms. The summed E-state index contributed by atoms with van der Waals surface area (Å²) in [6, 6.07) is 5.63. The van der Waals surface area contributed by atoms with Crippen molar-refractivity contribution < 1.29 is 0 Å². The van der Waals surface area contributed by atoms with E-state index in [0.29, 0.717) is 10.3 Å². The van der Waals surface area contributed by atoms with Gasteiger partial charge in [-0.15, -0.1) is 0 Å². The first kappa shape index (κ1) is 11.3. The Labute approximate surface area is 100 Å². The maximum atomic E-state index is 8.78. The average molecular weight is 233 g/mol. The number of hydrogen-bond acceptors (Lipinski definition) is 4. The fourth-order valence-electron chi connectivity index (χ4n) is 1.85. The van der Waals surface area contributed by atoms with Crippen molar-refractivity contribution in [2.24, 2.45) is 0 Å². The summed E-state index contributed by atoms with van der Waals surface area (Å²) in [6.07, 6.45) is 4.22. The Hall–Kier alpha value is -1.21. The Kier molecular flexibility index (Phi) is 3.35. The summed E-state index contributed by atoms with van der Waals surface area (Å²) >= 11 is 2.02. The fourth-order valence-corrected chi connectivity index (χ4v) is 3.09. The van der Waals surface area contributed by atoms with Crippen LogP contribution in [0.4, 0.5) is 5.82 Å². The topological polar surface area (TPSA) is 48.7 Å². The summed E-state index contributed by atoms with van der Waals surface area (Å²) in [4.78, 5) is 4.21. The molecule has 0 spiro atoms. The second-order valence-electron chi connectivity index (χ2n) is 4.30. The lowest BCUT2D eigenvalue weighted by Crippen LogP contribution is -2.27. The molecule has 1 aliphatic rings. The third-order valence-corrected chi connectivity index (χ3v) is 4.37. The fraction of sp³-hybridized carbons (Fsp3) is 0.500. The van der Waals surface area contributed by atoms with Crippen LogP contribution >= 0.6 is 11.8 Å². The molecule has 1 aromatic rings. The van der Waals surface area contributed by atoms with E-state index >= 15 is 0 Å². The average Bonchev–Trinajstić information content (AvgIpc) is 2.75. The number of pyridine rings is 1. The summed E-state index contributed by atoms with van der Waals surface area (Å²) < 4.78 is 0.324. The van der Waals surface area contributed by atoms with Gasteiger partial charge in [-0.1, -0.05) is 0 Å². The van der Waals surface area contributed by atoms with Gasteiger partial charge in [0.25, 0.3) is 0 Å². The van der Waals surface area contributed by atoms with E-state index in [4.69, 9.17) is 5.26 Å². The lowest BCUT2D eigenvalue weighted by molar-refractivity contribution is 0.634. The van der Waals surface area contributed by atoms with Crippen molar-refractivity contribution in [1.29, 1.82) is 5.26 Å². The molecule has 1 saturated heterocycles. The standard InChI is InChI=1S/C12H15N3S/c1-12(4-2-6-16-12)9-15-11-7-10(8-13)3-5-14-11/h3,5,7H,2,4,6,9H2,1H3,(H,14,15). The van der Waals surface area contributed by atoms with Gasteiger partial charge in [0.15, 0.2) is 0 Å². The van der Waals surface area contributed by atoms with Crippen LogP contribution in [-0.4, -0.2) is 22.0 Å². The zero-order valence-corrected chi connectivity index (χ0v) is 10.2. The Bertz CT molecular complexity index is 405. The van der Waals surface area contributed by atoms with Crippen LogP contribution in [0.2, 0.25) is 0 Å². The van der Waals surface area contributed by atoms with Gasteiger partial charge in [-0.2, -0.15) is 17.0 Å². The zero-order chi connectivity index (χ0) is 11.4. The summed E-state index contributed by atoms with van der Waals surface area (Å²) in [7, 11) is 0. The predicted molar refractivity (Wildman–Crippen MR) is 67.5 cm³/mol. The van der Waals surface area contributed by atoms with Crippen LogP contribution in [-0.2, 0) is 0 Å². The van der Waals surface area contributed by atoms with Crippen LogP contribution in [0.1, 0.15) is 25.3 Å². The van der Waals surface area contributed by atoms with Crippen molar-refractivity contribution >= 4 is 17.6 Å². The first-order chi connectivity index (χ1) is 7.72. The van der Waals surface area contributed by atoms with Crippen LogP contribution < -0.4 is 5.32 Å². The number of thioether (sulfide) groups is 1. The molecule has 2 rings (SSSR count). The molecule has 1 aromatic heterocycles. The molecule has 3 nitrogen and oxygen atoms in total. The second-order valence-corrected chi connectivity index (χ2v) is 5.98. The van der Waals surface area contributed by atoms with Gasteiger partial charge in [0.2, 0.25) is 0 Å². The molecule has 0 saturated carbocycles. The van der Waals surface area contributed by atoms with Crippen LogP contribution in [0.5, 0.6) is 0 Å². The van der Waals surface area contributed by atoms with Gasteiger partial charge in [-0.25, -0.2) is 4.98 Å². The van der Waals surface area contributed by atoms with Crippen LogP contribution in [0, 0.1) is 11.3 Å². The van der Waals surface area contributed by atoms with Gasteiger partial charge < -0.3 is 5.32 Å². The largest absolute Gasteiger partial charge is 0.369 e. The first-order valence-corrected chi connectivity index (χ1v) is 6.44. The molecule has 1 fully saturated rings. The highest BCUT2D eigenvalue weighted by molar-refractivity contribution is 8.00. The Morgan fingerprint density at radius 1 is 1.69 bits per heavy atom. The van der Waals surface area contributed by atoms with Crippen molar-refractivity contribution in [1.82, 2.24) is 4.98 Å². The third-order valence-electron chi connectivity index (χ3n) is 2.83. The lowest BCUT2D eigenvalue weighted by atomic mass is 10.1. The van der Waals surface area contributed by atoms with Gasteiger partial charge in [0.1, 0.15) is 5.82 Å². The van der Waals surface area contributed by atoms with Crippen molar-refractivity contribution in [3.63, 3.8) is 0 Å². The molecular weight excluding hydrogens is 218 g/mol. The van der Waals surface area contributed by atoms with Gasteiger partial charge in [-0.3, -0.25) is 0 Å². The third kappa shape index (κ3) is 2.67. The van der Waals surface area contributed by atoms with E-state index in [2.05, 4.69) is 23.3 Å². The Morgan fingerprint density at radius 2 is 2.56 bits per heavy atom. The Balaban J connectivity index is 1.96. The zero-order valence-electron chi connectivity index (χ0n) is 9.36. The van der Waals surface area contributed by atoms with E-state index in [1.165, 1.54) is 18.6 Å². The maximum Gasteiger partial charge on any atom is 0.127 e. The lowest BCUT2D eigenvalue weighted by Gasteiger charge is -2.23. The molecule has 1 atom stereocenters. The summed E-state index contributed by atoms with van der Waals surface area (Å²) in [5, 5.41) is 12.1. The van der Waals surface area contributed by atoms with E-state index in [1.54, 1.807) is 18.3 Å². The smallest absolute Gasteiger partial charge is 0.127 e. The monoisotopic (exact) mass is 233 g/mol. The van der Waals surface area contributed by atoms with E-state index in [9.17, 15) is 0 Å². The first-order valence-electron chi connectivity index (χ1n) is 5.46. The summed E-state index contributed by atoms with van der Waals surface area (Å²) in [6.45, 7) is 3.20. The van der Waals surface area contributed by atoms with E-state index < -0.39 is 0 Å². The van der Waals surface area contributed by atoms with Crippen molar-refractivity contribution in [2.75, 3.05) is 17.6 Å². The second kappa shape index (κ2) is 4.75. The maximum absolute atomic E-state index is 8.78. The number of anilines is 1. The number of nitrogens with zero attached hydrogens (tertiary/aromatic N) is 2. The van der Waals surface area contributed by atoms with Gasteiger partial charge >= 0.3 is 0 Å². The highest BCUT2D eigenvalue weighted by atomic mass is 32.2. The molecule has 1 N–H and O–H groups in total. The quantitative estimate of drug-likeness (QED) is 0.872. The molecule has 2 heterocycles. The molecule has 0 amide bonds. The van der Waals surface area contributed by atoms with Crippen molar-refractivity contribution in [3.05, 3.63) is 23.9 Å². The van der Waals surface area contributed by atoms with E-state index in [1.807, 2.05) is 11.8 Å².